The number of piperidine rings is 1. The molecule has 68 valence electrons. The molecular formula is C9H16N2O. The zero-order valence-corrected chi connectivity index (χ0v) is 7.76. The number of rotatable bonds is 1. The van der Waals surface area contributed by atoms with E-state index in [0.29, 0.717) is 0 Å². The SMILES string of the molecule is C=C1CCN(C(C)=O)CC1NC. The third kappa shape index (κ3) is 1.85. The normalized spacial score (nSPS) is 24.3. The van der Waals surface area contributed by atoms with Crippen molar-refractivity contribution in [1.82, 2.24) is 10.2 Å². The fourth-order valence-electron chi connectivity index (χ4n) is 1.47. The lowest BCUT2D eigenvalue weighted by molar-refractivity contribution is -0.129. The van der Waals surface area contributed by atoms with Gasteiger partial charge in [0.25, 0.3) is 0 Å². The van der Waals surface area contributed by atoms with Gasteiger partial charge in [-0.3, -0.25) is 4.79 Å². The van der Waals surface area contributed by atoms with E-state index >= 15 is 0 Å². The number of nitrogens with one attached hydrogen (secondary N) is 1. The van der Waals surface area contributed by atoms with Crippen molar-refractivity contribution in [3.63, 3.8) is 0 Å². The van der Waals surface area contributed by atoms with Gasteiger partial charge < -0.3 is 10.2 Å². The summed E-state index contributed by atoms with van der Waals surface area (Å²) in [5.41, 5.74) is 1.20. The minimum Gasteiger partial charge on any atom is -0.341 e. The molecule has 1 aliphatic heterocycles. The minimum atomic E-state index is 0.155. The van der Waals surface area contributed by atoms with Gasteiger partial charge in [-0.15, -0.1) is 0 Å². The van der Waals surface area contributed by atoms with E-state index in [4.69, 9.17) is 0 Å². The first-order chi connectivity index (χ1) is 5.65. The van der Waals surface area contributed by atoms with Crippen LogP contribution in [0.4, 0.5) is 0 Å². The van der Waals surface area contributed by atoms with Gasteiger partial charge in [-0.1, -0.05) is 12.2 Å². The highest BCUT2D eigenvalue weighted by molar-refractivity contribution is 5.73. The highest BCUT2D eigenvalue weighted by atomic mass is 16.2. The average molecular weight is 168 g/mol. The Morgan fingerprint density at radius 2 is 2.42 bits per heavy atom. The number of amides is 1. The zero-order valence-electron chi connectivity index (χ0n) is 7.76. The summed E-state index contributed by atoms with van der Waals surface area (Å²) in [5.74, 6) is 0.155. The second-order valence-electron chi connectivity index (χ2n) is 3.21. The molecule has 0 spiro atoms. The lowest BCUT2D eigenvalue weighted by Crippen LogP contribution is -2.47. The number of carbonyl (C=O) groups is 1. The lowest BCUT2D eigenvalue weighted by Gasteiger charge is -2.33. The maximum atomic E-state index is 11.0. The molecule has 0 bridgehead atoms. The van der Waals surface area contributed by atoms with Gasteiger partial charge in [-0.05, 0) is 13.5 Å². The predicted octanol–water partition coefficient (Wildman–Crippen LogP) is 0.383. The molecule has 12 heavy (non-hydrogen) atoms. The Kier molecular flexibility index (Phi) is 2.87. The molecule has 0 aromatic heterocycles. The van der Waals surface area contributed by atoms with Crippen molar-refractivity contribution in [2.75, 3.05) is 20.1 Å². The molecule has 0 saturated carbocycles. The van der Waals surface area contributed by atoms with Crippen LogP contribution in [-0.2, 0) is 4.79 Å². The Bertz CT molecular complexity index is 201. The molecule has 1 atom stereocenters. The summed E-state index contributed by atoms with van der Waals surface area (Å²) < 4.78 is 0. The summed E-state index contributed by atoms with van der Waals surface area (Å²) in [5, 5.41) is 3.15. The van der Waals surface area contributed by atoms with Gasteiger partial charge in [0.05, 0.1) is 0 Å². The van der Waals surface area contributed by atoms with E-state index in [1.165, 1.54) is 5.57 Å². The van der Waals surface area contributed by atoms with E-state index in [9.17, 15) is 4.79 Å². The number of hydrogen-bond acceptors (Lipinski definition) is 2. The van der Waals surface area contributed by atoms with Crippen LogP contribution < -0.4 is 5.32 Å². The molecule has 1 saturated heterocycles. The first kappa shape index (κ1) is 9.26. The van der Waals surface area contributed by atoms with Crippen molar-refractivity contribution < 1.29 is 4.79 Å². The standard InChI is InChI=1S/C9H16N2O/c1-7-4-5-11(8(2)12)6-9(7)10-3/h9-10H,1,4-6H2,2-3H3. The van der Waals surface area contributed by atoms with Gasteiger partial charge in [0.2, 0.25) is 5.91 Å². The Morgan fingerprint density at radius 1 is 1.75 bits per heavy atom. The molecule has 1 aliphatic rings. The predicted molar refractivity (Wildman–Crippen MR) is 48.9 cm³/mol. The molecule has 0 aromatic carbocycles. The van der Waals surface area contributed by atoms with Crippen LogP contribution in [0, 0.1) is 0 Å². The average Bonchev–Trinajstić information content (AvgIpc) is 2.05. The first-order valence-electron chi connectivity index (χ1n) is 4.25. The van der Waals surface area contributed by atoms with E-state index in [2.05, 4.69) is 11.9 Å². The third-order valence-corrected chi connectivity index (χ3v) is 2.39. The number of likely N-dealkylation sites (tertiary alicyclic amines) is 1. The molecule has 0 aliphatic carbocycles. The van der Waals surface area contributed by atoms with Crippen molar-refractivity contribution in [2.45, 2.75) is 19.4 Å². The molecule has 1 amide bonds. The first-order valence-corrected chi connectivity index (χ1v) is 4.25. The molecule has 1 rings (SSSR count). The molecule has 3 nitrogen and oxygen atoms in total. The van der Waals surface area contributed by atoms with Crippen molar-refractivity contribution in [3.8, 4) is 0 Å². The van der Waals surface area contributed by atoms with Crippen LogP contribution >= 0.6 is 0 Å². The summed E-state index contributed by atoms with van der Waals surface area (Å²) >= 11 is 0. The van der Waals surface area contributed by atoms with E-state index in [1.54, 1.807) is 6.92 Å². The quantitative estimate of drug-likeness (QED) is 0.574. The summed E-state index contributed by atoms with van der Waals surface area (Å²) in [6, 6.07) is 0.280. The monoisotopic (exact) mass is 168 g/mol. The molecule has 0 aromatic rings. The maximum absolute atomic E-state index is 11.0. The fourth-order valence-corrected chi connectivity index (χ4v) is 1.47. The van der Waals surface area contributed by atoms with Crippen LogP contribution in [0.1, 0.15) is 13.3 Å². The molecule has 1 N–H and O–H groups in total. The van der Waals surface area contributed by atoms with Crippen LogP contribution in [0.2, 0.25) is 0 Å². The fraction of sp³-hybridized carbons (Fsp3) is 0.667. The Morgan fingerprint density at radius 3 is 2.92 bits per heavy atom. The van der Waals surface area contributed by atoms with Crippen molar-refractivity contribution in [1.29, 1.82) is 0 Å². The van der Waals surface area contributed by atoms with E-state index < -0.39 is 0 Å². The lowest BCUT2D eigenvalue weighted by atomic mass is 10.0. The van der Waals surface area contributed by atoms with Gasteiger partial charge >= 0.3 is 0 Å². The molecule has 1 unspecified atom stereocenters. The second-order valence-corrected chi connectivity index (χ2v) is 3.21. The van der Waals surface area contributed by atoms with Gasteiger partial charge in [0.1, 0.15) is 0 Å². The van der Waals surface area contributed by atoms with Gasteiger partial charge in [-0.2, -0.15) is 0 Å². The van der Waals surface area contributed by atoms with Crippen LogP contribution in [-0.4, -0.2) is 37.0 Å². The van der Waals surface area contributed by atoms with Gasteiger partial charge in [0.15, 0.2) is 0 Å². The number of carbonyl (C=O) groups excluding carboxylic acids is 1. The maximum Gasteiger partial charge on any atom is 0.219 e. The summed E-state index contributed by atoms with van der Waals surface area (Å²) in [6.07, 6.45) is 0.922. The topological polar surface area (TPSA) is 32.3 Å². The molecule has 1 fully saturated rings. The minimum absolute atomic E-state index is 0.155. The van der Waals surface area contributed by atoms with E-state index in [1.807, 2.05) is 11.9 Å². The van der Waals surface area contributed by atoms with Gasteiger partial charge in [0, 0.05) is 26.1 Å². The Hall–Kier alpha value is -0.830. The smallest absolute Gasteiger partial charge is 0.219 e. The highest BCUT2D eigenvalue weighted by Crippen LogP contribution is 2.14. The zero-order chi connectivity index (χ0) is 9.14. The second kappa shape index (κ2) is 3.72. The van der Waals surface area contributed by atoms with Crippen LogP contribution in [0.25, 0.3) is 0 Å². The summed E-state index contributed by atoms with van der Waals surface area (Å²) in [7, 11) is 1.90. The Balaban J connectivity index is 2.55. The third-order valence-electron chi connectivity index (χ3n) is 2.39. The van der Waals surface area contributed by atoms with E-state index in [-0.39, 0.29) is 11.9 Å². The van der Waals surface area contributed by atoms with Gasteiger partial charge in [-0.25, -0.2) is 0 Å². The largest absolute Gasteiger partial charge is 0.341 e. The van der Waals surface area contributed by atoms with Crippen molar-refractivity contribution >= 4 is 5.91 Å². The Labute approximate surface area is 73.4 Å². The van der Waals surface area contributed by atoms with Crippen LogP contribution in [0.15, 0.2) is 12.2 Å². The van der Waals surface area contributed by atoms with Crippen molar-refractivity contribution in [2.24, 2.45) is 0 Å². The molecule has 1 heterocycles. The molecular weight excluding hydrogens is 152 g/mol. The summed E-state index contributed by atoms with van der Waals surface area (Å²) in [4.78, 5) is 12.9. The molecule has 3 heteroatoms. The number of nitrogens with zero attached hydrogens (tertiary/aromatic N) is 1. The van der Waals surface area contributed by atoms with Crippen molar-refractivity contribution in [3.05, 3.63) is 12.2 Å². The highest BCUT2D eigenvalue weighted by Gasteiger charge is 2.22. The number of hydrogen-bond donors (Lipinski definition) is 1. The number of likely N-dealkylation sites (N-methyl/N-ethyl adjacent to an activating group) is 1. The molecule has 0 radical (unpaired) electrons. The van der Waals surface area contributed by atoms with E-state index in [0.717, 1.165) is 19.5 Å². The summed E-state index contributed by atoms with van der Waals surface area (Å²) in [6.45, 7) is 7.17. The van der Waals surface area contributed by atoms with Crippen LogP contribution in [0.3, 0.4) is 0 Å². The van der Waals surface area contributed by atoms with Crippen LogP contribution in [0.5, 0.6) is 0 Å².